The van der Waals surface area contributed by atoms with Crippen LogP contribution in [0.25, 0.3) is 0 Å². The number of nitrogens with zero attached hydrogens (tertiary/aromatic N) is 1. The number of rotatable bonds is 5. The molecule has 0 bridgehead atoms. The molecule has 1 unspecified atom stereocenters. The number of hydrogen-bond donors (Lipinski definition) is 2. The van der Waals surface area contributed by atoms with E-state index in [0.29, 0.717) is 32.3 Å². The second-order valence-electron chi connectivity index (χ2n) is 6.62. The Morgan fingerprint density at radius 2 is 2.04 bits per heavy atom. The Morgan fingerprint density at radius 1 is 1.32 bits per heavy atom. The number of hydrogen-bond acceptors (Lipinski definition) is 5. The lowest BCUT2D eigenvalue weighted by molar-refractivity contribution is -0.210. The predicted molar refractivity (Wildman–Crippen MR) is 95.9 cm³/mol. The lowest BCUT2D eigenvalue weighted by Gasteiger charge is -2.31. The van der Waals surface area contributed by atoms with Crippen LogP contribution in [-0.4, -0.2) is 50.3 Å². The normalized spacial score (nSPS) is 23.2. The molecule has 1 aromatic rings. The van der Waals surface area contributed by atoms with E-state index >= 15 is 0 Å². The molecule has 3 rings (SSSR count). The quantitative estimate of drug-likeness (QED) is 0.625. The second kappa shape index (κ2) is 8.03. The minimum atomic E-state index is -0.479. The van der Waals surface area contributed by atoms with E-state index in [2.05, 4.69) is 10.3 Å². The second-order valence-corrected chi connectivity index (χ2v) is 6.62. The van der Waals surface area contributed by atoms with Gasteiger partial charge in [0.15, 0.2) is 11.7 Å². The summed E-state index contributed by atoms with van der Waals surface area (Å²) in [4.78, 5) is 4.37. The molecule has 1 spiro atoms. The van der Waals surface area contributed by atoms with Crippen LogP contribution in [0.15, 0.2) is 29.3 Å². The maximum absolute atomic E-state index is 6.03. The van der Waals surface area contributed by atoms with Crippen LogP contribution >= 0.6 is 0 Å². The molecule has 2 heterocycles. The fourth-order valence-electron chi connectivity index (χ4n) is 2.93. The number of anilines is 1. The van der Waals surface area contributed by atoms with Crippen LogP contribution < -0.4 is 15.8 Å². The van der Waals surface area contributed by atoms with Crippen LogP contribution in [0.1, 0.15) is 26.7 Å². The zero-order valence-corrected chi connectivity index (χ0v) is 14.9. The highest BCUT2D eigenvalue weighted by molar-refractivity contribution is 5.92. The smallest absolute Gasteiger partial charge is 0.193 e. The highest BCUT2D eigenvalue weighted by Crippen LogP contribution is 2.33. The predicted octanol–water partition coefficient (Wildman–Crippen LogP) is 2.12. The fourth-order valence-corrected chi connectivity index (χ4v) is 2.93. The summed E-state index contributed by atoms with van der Waals surface area (Å²) in [5.74, 6) is 0.704. The topological polar surface area (TPSA) is 87.3 Å². The first-order chi connectivity index (χ1) is 12.0. The van der Waals surface area contributed by atoms with Gasteiger partial charge >= 0.3 is 0 Å². The number of benzene rings is 1. The van der Waals surface area contributed by atoms with Gasteiger partial charge in [0.2, 0.25) is 0 Å². The van der Waals surface area contributed by atoms with E-state index in [0.717, 1.165) is 24.3 Å². The Labute approximate surface area is 148 Å². The number of nitrogens with one attached hydrogen (secondary N) is 1. The minimum Gasteiger partial charge on any atom is -0.491 e. The number of nitrogens with two attached hydrogens (primary N) is 1. The maximum Gasteiger partial charge on any atom is 0.193 e. The number of aliphatic imine (C=N–C) groups is 1. The molecule has 138 valence electrons. The summed E-state index contributed by atoms with van der Waals surface area (Å²) in [6, 6.07) is 7.62. The van der Waals surface area contributed by atoms with Gasteiger partial charge in [0.05, 0.1) is 32.5 Å². The van der Waals surface area contributed by atoms with E-state index in [-0.39, 0.29) is 12.2 Å². The lowest BCUT2D eigenvalue weighted by Crippen LogP contribution is -2.38. The van der Waals surface area contributed by atoms with Gasteiger partial charge in [-0.1, -0.05) is 0 Å². The molecule has 0 radical (unpaired) electrons. The van der Waals surface area contributed by atoms with Crippen molar-refractivity contribution in [2.75, 3.05) is 31.7 Å². The zero-order chi connectivity index (χ0) is 17.7. The highest BCUT2D eigenvalue weighted by Gasteiger charge is 2.42. The van der Waals surface area contributed by atoms with E-state index in [1.807, 2.05) is 38.1 Å². The largest absolute Gasteiger partial charge is 0.491 e. The van der Waals surface area contributed by atoms with Gasteiger partial charge < -0.3 is 30.0 Å². The Kier molecular flexibility index (Phi) is 5.78. The third-order valence-electron chi connectivity index (χ3n) is 4.13. The van der Waals surface area contributed by atoms with Crippen molar-refractivity contribution in [1.82, 2.24) is 0 Å². The van der Waals surface area contributed by atoms with Crippen molar-refractivity contribution in [2.45, 2.75) is 44.7 Å². The third kappa shape index (κ3) is 5.07. The van der Waals surface area contributed by atoms with Crippen molar-refractivity contribution in [2.24, 2.45) is 10.7 Å². The number of ether oxygens (including phenoxy) is 4. The summed E-state index contributed by atoms with van der Waals surface area (Å²) < 4.78 is 22.9. The summed E-state index contributed by atoms with van der Waals surface area (Å²) >= 11 is 0. The average Bonchev–Trinajstić information content (AvgIpc) is 2.97. The molecule has 0 aliphatic carbocycles. The zero-order valence-electron chi connectivity index (χ0n) is 14.9. The van der Waals surface area contributed by atoms with Gasteiger partial charge in [0, 0.05) is 18.5 Å². The first kappa shape index (κ1) is 18.0. The van der Waals surface area contributed by atoms with E-state index in [9.17, 15) is 0 Å². The number of guanidine groups is 1. The molecule has 7 nitrogen and oxygen atoms in total. The molecular weight excluding hydrogens is 322 g/mol. The first-order valence-electron chi connectivity index (χ1n) is 8.78. The summed E-state index contributed by atoms with van der Waals surface area (Å²) in [5.41, 5.74) is 6.83. The fraction of sp³-hybridized carbons (Fsp3) is 0.611. The van der Waals surface area contributed by atoms with Crippen LogP contribution in [0, 0.1) is 0 Å². The molecule has 0 aromatic heterocycles. The molecule has 2 saturated heterocycles. The van der Waals surface area contributed by atoms with Gasteiger partial charge in [-0.2, -0.15) is 0 Å². The van der Waals surface area contributed by atoms with E-state index < -0.39 is 5.79 Å². The Morgan fingerprint density at radius 3 is 2.72 bits per heavy atom. The molecule has 7 heteroatoms. The van der Waals surface area contributed by atoms with Gasteiger partial charge in [-0.15, -0.1) is 0 Å². The monoisotopic (exact) mass is 349 g/mol. The van der Waals surface area contributed by atoms with Gasteiger partial charge in [-0.25, -0.2) is 0 Å². The summed E-state index contributed by atoms with van der Waals surface area (Å²) in [6.45, 7) is 6.35. The molecule has 25 heavy (non-hydrogen) atoms. The average molecular weight is 349 g/mol. The minimum absolute atomic E-state index is 0.0692. The molecule has 2 fully saturated rings. The van der Waals surface area contributed by atoms with Crippen molar-refractivity contribution in [3.8, 4) is 5.75 Å². The van der Waals surface area contributed by atoms with E-state index in [1.54, 1.807) is 0 Å². The highest BCUT2D eigenvalue weighted by atomic mass is 16.7. The molecule has 0 amide bonds. The molecule has 1 atom stereocenters. The van der Waals surface area contributed by atoms with Crippen LogP contribution in [0.5, 0.6) is 5.75 Å². The Balaban J connectivity index is 1.47. The van der Waals surface area contributed by atoms with Crippen molar-refractivity contribution in [3.63, 3.8) is 0 Å². The molecule has 1 aromatic carbocycles. The van der Waals surface area contributed by atoms with Gasteiger partial charge in [-0.3, -0.25) is 4.99 Å². The summed E-state index contributed by atoms with van der Waals surface area (Å²) in [7, 11) is 0. The van der Waals surface area contributed by atoms with Crippen molar-refractivity contribution in [3.05, 3.63) is 24.3 Å². The SMILES string of the molecule is CC(C)Oc1ccc(NC(N)=NCC2COC3(CCOCC3)O2)cc1. The van der Waals surface area contributed by atoms with Crippen LogP contribution in [0.2, 0.25) is 0 Å². The van der Waals surface area contributed by atoms with Crippen LogP contribution in [-0.2, 0) is 14.2 Å². The van der Waals surface area contributed by atoms with Crippen molar-refractivity contribution in [1.29, 1.82) is 0 Å². The first-order valence-corrected chi connectivity index (χ1v) is 8.78. The third-order valence-corrected chi connectivity index (χ3v) is 4.13. The summed E-state index contributed by atoms with van der Waals surface area (Å²) in [5, 5.41) is 3.07. The van der Waals surface area contributed by atoms with Crippen LogP contribution in [0.3, 0.4) is 0 Å². The maximum atomic E-state index is 6.03. The van der Waals surface area contributed by atoms with E-state index in [1.165, 1.54) is 0 Å². The van der Waals surface area contributed by atoms with Gasteiger partial charge in [0.25, 0.3) is 0 Å². The Bertz CT molecular complexity index is 582. The van der Waals surface area contributed by atoms with Crippen LogP contribution in [0.4, 0.5) is 5.69 Å². The molecule has 2 aliphatic rings. The van der Waals surface area contributed by atoms with Gasteiger partial charge in [0.1, 0.15) is 11.9 Å². The molecule has 2 aliphatic heterocycles. The molecular formula is C18H27N3O4. The summed E-state index contributed by atoms with van der Waals surface area (Å²) in [6.07, 6.45) is 1.62. The van der Waals surface area contributed by atoms with E-state index in [4.69, 9.17) is 24.7 Å². The van der Waals surface area contributed by atoms with Crippen molar-refractivity contribution < 1.29 is 18.9 Å². The lowest BCUT2D eigenvalue weighted by atomic mass is 10.1. The van der Waals surface area contributed by atoms with Gasteiger partial charge in [-0.05, 0) is 38.1 Å². The standard InChI is InChI=1S/C18H27N3O4/c1-13(2)24-15-5-3-14(4-6-15)21-17(19)20-11-16-12-23-18(25-16)7-9-22-10-8-18/h3-6,13,16H,7-12H2,1-2H3,(H3,19,20,21). The Hall–Kier alpha value is -1.83. The van der Waals surface area contributed by atoms with Crippen molar-refractivity contribution >= 4 is 11.6 Å². The molecule has 0 saturated carbocycles. The molecule has 3 N–H and O–H groups in total.